The zero-order valence-corrected chi connectivity index (χ0v) is 18.8. The molecule has 0 unspecified atom stereocenters. The van der Waals surface area contributed by atoms with Crippen LogP contribution in [-0.4, -0.2) is 38.0 Å². The van der Waals surface area contributed by atoms with E-state index in [1.54, 1.807) is 30.6 Å². The number of nitrogens with zero attached hydrogens (tertiary/aromatic N) is 2. The first kappa shape index (κ1) is 22.3. The number of nitrogens with one attached hydrogen (secondary N) is 2. The number of anilines is 1. The summed E-state index contributed by atoms with van der Waals surface area (Å²) in [5.74, 6) is -0.124. The average Bonchev–Trinajstić information content (AvgIpc) is 3.27. The number of carbonyl (C=O) groups excluding carboxylic acids is 1. The quantitative estimate of drug-likeness (QED) is 0.409. The third-order valence-electron chi connectivity index (χ3n) is 5.04. The highest BCUT2D eigenvalue weighted by Gasteiger charge is 2.17. The predicted molar refractivity (Wildman–Crippen MR) is 128 cm³/mol. The highest BCUT2D eigenvalue weighted by atomic mass is 32.2. The molecule has 9 heteroatoms. The predicted octanol–water partition coefficient (Wildman–Crippen LogP) is 3.59. The number of fused-ring (bicyclic) bond motifs is 1. The fraction of sp³-hybridized carbons (Fsp3) is 0.0833. The molecule has 0 atom stereocenters. The molecular formula is C24H22N4O4S. The Labute approximate surface area is 191 Å². The molecule has 4 aromatic rings. The summed E-state index contributed by atoms with van der Waals surface area (Å²) >= 11 is 0. The van der Waals surface area contributed by atoms with Crippen LogP contribution in [-0.2, 0) is 14.8 Å². The van der Waals surface area contributed by atoms with Gasteiger partial charge in [0.1, 0.15) is 17.0 Å². The summed E-state index contributed by atoms with van der Waals surface area (Å²) in [4.78, 5) is 16.8. The Morgan fingerprint density at radius 1 is 1.06 bits per heavy atom. The minimum Gasteiger partial charge on any atom is -0.495 e. The molecule has 0 fully saturated rings. The van der Waals surface area contributed by atoms with Gasteiger partial charge in [-0.25, -0.2) is 18.1 Å². The van der Waals surface area contributed by atoms with Crippen LogP contribution in [0.25, 0.3) is 22.8 Å². The van der Waals surface area contributed by atoms with Crippen LogP contribution in [0.5, 0.6) is 5.75 Å². The fourth-order valence-corrected chi connectivity index (χ4v) is 4.27. The smallest absolute Gasteiger partial charge is 0.248 e. The summed E-state index contributed by atoms with van der Waals surface area (Å²) in [6, 6.07) is 19.9. The van der Waals surface area contributed by atoms with Gasteiger partial charge in [0.15, 0.2) is 0 Å². The van der Waals surface area contributed by atoms with Crippen molar-refractivity contribution in [2.24, 2.45) is 0 Å². The van der Waals surface area contributed by atoms with Crippen LogP contribution < -0.4 is 14.8 Å². The standard InChI is InChI=1S/C24H22N4O4S/c1-25-33(30,31)23-15-17(7-13-22(23)32-2)8-14-24(29)27-18-9-11-19(12-10-18)28-16-26-20-5-3-4-6-21(20)28/h3-16,25H,1-2H3,(H,27,29)/b14-8+. The van der Waals surface area contributed by atoms with Crippen molar-refractivity contribution in [3.63, 3.8) is 0 Å². The zero-order chi connectivity index (χ0) is 23.4. The molecule has 0 aliphatic carbocycles. The third kappa shape index (κ3) is 4.79. The molecule has 0 spiro atoms. The van der Waals surface area contributed by atoms with Gasteiger partial charge in [-0.3, -0.25) is 9.36 Å². The minimum atomic E-state index is -3.70. The second-order valence-corrected chi connectivity index (χ2v) is 8.95. The maximum atomic E-state index is 12.4. The number of rotatable bonds is 7. The zero-order valence-electron chi connectivity index (χ0n) is 18.0. The van der Waals surface area contributed by atoms with Gasteiger partial charge in [-0.1, -0.05) is 18.2 Å². The van der Waals surface area contributed by atoms with Crippen LogP contribution >= 0.6 is 0 Å². The Bertz CT molecular complexity index is 1440. The van der Waals surface area contributed by atoms with E-state index in [1.165, 1.54) is 32.4 Å². The van der Waals surface area contributed by atoms with E-state index < -0.39 is 10.0 Å². The molecular weight excluding hydrogens is 440 g/mol. The molecule has 4 rings (SSSR count). The molecule has 0 saturated carbocycles. The van der Waals surface area contributed by atoms with Crippen molar-refractivity contribution in [3.05, 3.63) is 84.7 Å². The number of imidazole rings is 1. The van der Waals surface area contributed by atoms with Gasteiger partial charge in [0, 0.05) is 17.5 Å². The van der Waals surface area contributed by atoms with Gasteiger partial charge in [0.05, 0.1) is 18.1 Å². The molecule has 3 aromatic carbocycles. The van der Waals surface area contributed by atoms with E-state index in [0.29, 0.717) is 11.3 Å². The largest absolute Gasteiger partial charge is 0.495 e. The van der Waals surface area contributed by atoms with Gasteiger partial charge >= 0.3 is 0 Å². The summed E-state index contributed by atoms with van der Waals surface area (Å²) in [6.45, 7) is 0. The Balaban J connectivity index is 1.47. The van der Waals surface area contributed by atoms with Gasteiger partial charge < -0.3 is 10.1 Å². The number of hydrogen-bond donors (Lipinski definition) is 2. The Morgan fingerprint density at radius 2 is 1.82 bits per heavy atom. The number of amides is 1. The molecule has 1 heterocycles. The van der Waals surface area contributed by atoms with Crippen LogP contribution in [0, 0.1) is 0 Å². The van der Waals surface area contributed by atoms with Crippen molar-refractivity contribution in [3.8, 4) is 11.4 Å². The van der Waals surface area contributed by atoms with Crippen molar-refractivity contribution in [2.45, 2.75) is 4.90 Å². The lowest BCUT2D eigenvalue weighted by Crippen LogP contribution is -2.19. The summed E-state index contributed by atoms with van der Waals surface area (Å²) in [7, 11) is -0.982. The highest BCUT2D eigenvalue weighted by Crippen LogP contribution is 2.25. The van der Waals surface area contributed by atoms with Crippen LogP contribution in [0.3, 0.4) is 0 Å². The van der Waals surface area contributed by atoms with Crippen molar-refractivity contribution in [1.82, 2.24) is 14.3 Å². The van der Waals surface area contributed by atoms with E-state index in [1.807, 2.05) is 41.0 Å². The maximum Gasteiger partial charge on any atom is 0.248 e. The molecule has 0 bridgehead atoms. The lowest BCUT2D eigenvalue weighted by molar-refractivity contribution is -0.111. The van der Waals surface area contributed by atoms with Gasteiger partial charge in [0.25, 0.3) is 0 Å². The van der Waals surface area contributed by atoms with Gasteiger partial charge in [-0.05, 0) is 67.2 Å². The van der Waals surface area contributed by atoms with Crippen molar-refractivity contribution in [2.75, 3.05) is 19.5 Å². The number of benzene rings is 3. The molecule has 0 radical (unpaired) electrons. The van der Waals surface area contributed by atoms with E-state index in [4.69, 9.17) is 4.74 Å². The topological polar surface area (TPSA) is 102 Å². The molecule has 168 valence electrons. The normalized spacial score (nSPS) is 11.7. The van der Waals surface area contributed by atoms with Gasteiger partial charge in [0.2, 0.25) is 15.9 Å². The average molecular weight is 463 g/mol. The number of methoxy groups -OCH3 is 1. The van der Waals surface area contributed by atoms with E-state index in [9.17, 15) is 13.2 Å². The molecule has 0 saturated heterocycles. The summed E-state index contributed by atoms with van der Waals surface area (Å²) in [5.41, 5.74) is 4.00. The minimum absolute atomic E-state index is 0.00215. The molecule has 2 N–H and O–H groups in total. The van der Waals surface area contributed by atoms with Crippen LogP contribution in [0.15, 0.2) is 84.0 Å². The Morgan fingerprint density at radius 3 is 2.55 bits per heavy atom. The van der Waals surface area contributed by atoms with Crippen LogP contribution in [0.2, 0.25) is 0 Å². The second-order valence-electron chi connectivity index (χ2n) is 7.09. The molecule has 1 amide bonds. The number of sulfonamides is 1. The molecule has 0 aliphatic rings. The van der Waals surface area contributed by atoms with Crippen molar-refractivity contribution >= 4 is 38.7 Å². The van der Waals surface area contributed by atoms with Gasteiger partial charge in [-0.2, -0.15) is 0 Å². The van der Waals surface area contributed by atoms with E-state index in [2.05, 4.69) is 15.0 Å². The first-order valence-corrected chi connectivity index (χ1v) is 11.5. The fourth-order valence-electron chi connectivity index (χ4n) is 3.34. The van der Waals surface area contributed by atoms with E-state index >= 15 is 0 Å². The van der Waals surface area contributed by atoms with E-state index in [-0.39, 0.29) is 16.6 Å². The molecule has 33 heavy (non-hydrogen) atoms. The van der Waals surface area contributed by atoms with Gasteiger partial charge in [-0.15, -0.1) is 0 Å². The number of para-hydroxylation sites is 2. The molecule has 0 aliphatic heterocycles. The first-order chi connectivity index (χ1) is 15.9. The summed E-state index contributed by atoms with van der Waals surface area (Å²) in [5, 5.41) is 2.79. The summed E-state index contributed by atoms with van der Waals surface area (Å²) in [6.07, 6.45) is 4.64. The van der Waals surface area contributed by atoms with Crippen LogP contribution in [0.4, 0.5) is 5.69 Å². The number of hydrogen-bond acceptors (Lipinski definition) is 5. The molecule has 1 aromatic heterocycles. The Kier molecular flexibility index (Phi) is 6.25. The number of aromatic nitrogens is 2. The second kappa shape index (κ2) is 9.27. The van der Waals surface area contributed by atoms with Crippen LogP contribution in [0.1, 0.15) is 5.56 Å². The monoisotopic (exact) mass is 462 g/mol. The number of ether oxygens (including phenoxy) is 1. The summed E-state index contributed by atoms with van der Waals surface area (Å²) < 4.78 is 33.8. The highest BCUT2D eigenvalue weighted by molar-refractivity contribution is 7.89. The maximum absolute atomic E-state index is 12.4. The lowest BCUT2D eigenvalue weighted by atomic mass is 10.2. The Hall–Kier alpha value is -3.95. The third-order valence-corrected chi connectivity index (χ3v) is 6.48. The number of carbonyl (C=O) groups is 1. The SMILES string of the molecule is CNS(=O)(=O)c1cc(/C=C/C(=O)Nc2ccc(-n3cnc4ccccc43)cc2)ccc1OC. The molecule has 8 nitrogen and oxygen atoms in total. The lowest BCUT2D eigenvalue weighted by Gasteiger charge is -2.09. The van der Waals surface area contributed by atoms with Crippen molar-refractivity contribution < 1.29 is 17.9 Å². The van der Waals surface area contributed by atoms with E-state index in [0.717, 1.165) is 16.7 Å². The van der Waals surface area contributed by atoms with Crippen molar-refractivity contribution in [1.29, 1.82) is 0 Å². The first-order valence-electron chi connectivity index (χ1n) is 10.0.